The molecule has 1 aliphatic rings. The third-order valence-electron chi connectivity index (χ3n) is 2.35. The number of aryl methyl sites for hydroxylation is 1. The van der Waals surface area contributed by atoms with E-state index in [1.54, 1.807) is 6.20 Å². The van der Waals surface area contributed by atoms with E-state index in [4.69, 9.17) is 4.74 Å². The van der Waals surface area contributed by atoms with Crippen molar-refractivity contribution in [1.82, 2.24) is 15.3 Å². The van der Waals surface area contributed by atoms with Gasteiger partial charge in [0, 0.05) is 17.9 Å². The third-order valence-corrected chi connectivity index (χ3v) is 2.35. The van der Waals surface area contributed by atoms with Crippen LogP contribution in [0.3, 0.4) is 0 Å². The highest BCUT2D eigenvalue weighted by Crippen LogP contribution is 2.07. The van der Waals surface area contributed by atoms with E-state index in [9.17, 15) is 0 Å². The van der Waals surface area contributed by atoms with Crippen LogP contribution in [0.25, 0.3) is 0 Å². The lowest BCUT2D eigenvalue weighted by atomic mass is 10.2. The lowest BCUT2D eigenvalue weighted by Crippen LogP contribution is -2.28. The lowest BCUT2D eigenvalue weighted by molar-refractivity contribution is 0.256. The van der Waals surface area contributed by atoms with Gasteiger partial charge < -0.3 is 10.1 Å². The fourth-order valence-corrected chi connectivity index (χ4v) is 1.57. The van der Waals surface area contributed by atoms with E-state index in [0.29, 0.717) is 18.7 Å². The predicted octanol–water partition coefficient (Wildman–Crippen LogP) is 0.916. The van der Waals surface area contributed by atoms with Gasteiger partial charge in [0.2, 0.25) is 0 Å². The van der Waals surface area contributed by atoms with Gasteiger partial charge in [0.15, 0.2) is 0 Å². The maximum absolute atomic E-state index is 5.49. The van der Waals surface area contributed by atoms with Crippen LogP contribution < -0.4 is 10.1 Å². The zero-order valence-electron chi connectivity index (χ0n) is 8.36. The van der Waals surface area contributed by atoms with Crippen LogP contribution >= 0.6 is 0 Å². The molecule has 0 aromatic carbocycles. The normalized spacial score (nSPS) is 21.1. The van der Waals surface area contributed by atoms with E-state index < -0.39 is 0 Å². The van der Waals surface area contributed by atoms with Gasteiger partial charge in [-0.3, -0.25) is 0 Å². The second-order valence-corrected chi connectivity index (χ2v) is 3.58. The van der Waals surface area contributed by atoms with Crippen molar-refractivity contribution in [2.75, 3.05) is 13.2 Å². The first-order valence-electron chi connectivity index (χ1n) is 5.00. The molecular formula is C10H15N3O. The fraction of sp³-hybridized carbons (Fsp3) is 0.600. The molecule has 0 unspecified atom stereocenters. The van der Waals surface area contributed by atoms with Crippen molar-refractivity contribution in [2.45, 2.75) is 25.8 Å². The molecule has 1 aromatic rings. The van der Waals surface area contributed by atoms with Gasteiger partial charge in [-0.05, 0) is 32.4 Å². The predicted molar refractivity (Wildman–Crippen MR) is 53.3 cm³/mol. The summed E-state index contributed by atoms with van der Waals surface area (Å²) in [7, 11) is 0. The number of nitrogens with one attached hydrogen (secondary N) is 1. The Morgan fingerprint density at radius 1 is 1.64 bits per heavy atom. The van der Waals surface area contributed by atoms with Gasteiger partial charge in [-0.25, -0.2) is 9.97 Å². The minimum Gasteiger partial charge on any atom is -0.462 e. The van der Waals surface area contributed by atoms with E-state index in [1.807, 2.05) is 13.0 Å². The number of nitrogens with zero attached hydrogens (tertiary/aromatic N) is 2. The van der Waals surface area contributed by atoms with E-state index in [2.05, 4.69) is 15.3 Å². The smallest absolute Gasteiger partial charge is 0.316 e. The molecule has 0 bridgehead atoms. The molecule has 1 atom stereocenters. The van der Waals surface area contributed by atoms with Crippen molar-refractivity contribution in [3.8, 4) is 6.01 Å². The highest BCUT2D eigenvalue weighted by Gasteiger charge is 2.14. The summed E-state index contributed by atoms with van der Waals surface area (Å²) in [6.07, 6.45) is 4.15. The Morgan fingerprint density at radius 3 is 3.29 bits per heavy atom. The number of rotatable bonds is 3. The molecule has 0 radical (unpaired) electrons. The maximum atomic E-state index is 5.49. The average Bonchev–Trinajstić information content (AvgIpc) is 2.67. The van der Waals surface area contributed by atoms with Crippen molar-refractivity contribution in [1.29, 1.82) is 0 Å². The molecule has 4 heteroatoms. The quantitative estimate of drug-likeness (QED) is 0.775. The Balaban J connectivity index is 1.85. The topological polar surface area (TPSA) is 47.0 Å². The van der Waals surface area contributed by atoms with Gasteiger partial charge >= 0.3 is 6.01 Å². The van der Waals surface area contributed by atoms with E-state index >= 15 is 0 Å². The summed E-state index contributed by atoms with van der Waals surface area (Å²) < 4.78 is 5.49. The molecule has 76 valence electrons. The Hall–Kier alpha value is -1.16. The Labute approximate surface area is 83.7 Å². The van der Waals surface area contributed by atoms with Crippen molar-refractivity contribution < 1.29 is 4.74 Å². The zero-order valence-corrected chi connectivity index (χ0v) is 8.36. The van der Waals surface area contributed by atoms with Crippen LogP contribution in [0.1, 0.15) is 18.5 Å². The van der Waals surface area contributed by atoms with Crippen LogP contribution in [0.15, 0.2) is 12.3 Å². The molecule has 2 heterocycles. The van der Waals surface area contributed by atoms with Crippen molar-refractivity contribution in [3.63, 3.8) is 0 Å². The molecule has 14 heavy (non-hydrogen) atoms. The Bertz CT molecular complexity index is 297. The molecule has 1 aromatic heterocycles. The first kappa shape index (κ1) is 9.40. The molecular weight excluding hydrogens is 178 g/mol. The molecule has 0 amide bonds. The number of aromatic nitrogens is 2. The summed E-state index contributed by atoms with van der Waals surface area (Å²) in [4.78, 5) is 8.21. The summed E-state index contributed by atoms with van der Waals surface area (Å²) in [6, 6.07) is 2.82. The van der Waals surface area contributed by atoms with Crippen LogP contribution in [-0.4, -0.2) is 29.2 Å². The number of hydrogen-bond donors (Lipinski definition) is 1. The van der Waals surface area contributed by atoms with Crippen LogP contribution in [0.5, 0.6) is 6.01 Å². The molecule has 0 saturated carbocycles. The number of hydrogen-bond acceptors (Lipinski definition) is 4. The van der Waals surface area contributed by atoms with Crippen LogP contribution in [0.4, 0.5) is 0 Å². The van der Waals surface area contributed by atoms with Crippen LogP contribution in [0, 0.1) is 6.92 Å². The van der Waals surface area contributed by atoms with Gasteiger partial charge in [0.25, 0.3) is 0 Å². The lowest BCUT2D eigenvalue weighted by Gasteiger charge is -2.10. The maximum Gasteiger partial charge on any atom is 0.316 e. The molecule has 1 saturated heterocycles. The second-order valence-electron chi connectivity index (χ2n) is 3.58. The molecule has 2 rings (SSSR count). The zero-order chi connectivity index (χ0) is 9.80. The summed E-state index contributed by atoms with van der Waals surface area (Å²) in [5, 5.41) is 3.36. The van der Waals surface area contributed by atoms with Crippen molar-refractivity contribution in [3.05, 3.63) is 18.0 Å². The van der Waals surface area contributed by atoms with Crippen molar-refractivity contribution >= 4 is 0 Å². The standard InChI is InChI=1S/C10H15N3O/c1-8-4-6-12-10(13-8)14-7-9-3-2-5-11-9/h4,6,9,11H,2-3,5,7H2,1H3/t9-/m1/s1. The van der Waals surface area contributed by atoms with E-state index in [0.717, 1.165) is 12.2 Å². The molecule has 4 nitrogen and oxygen atoms in total. The SMILES string of the molecule is Cc1ccnc(OC[C@H]2CCCN2)n1. The van der Waals surface area contributed by atoms with Crippen LogP contribution in [-0.2, 0) is 0 Å². The largest absolute Gasteiger partial charge is 0.462 e. The van der Waals surface area contributed by atoms with E-state index in [1.165, 1.54) is 12.8 Å². The highest BCUT2D eigenvalue weighted by molar-refractivity contribution is 5.03. The van der Waals surface area contributed by atoms with E-state index in [-0.39, 0.29) is 0 Å². The minimum atomic E-state index is 0.471. The van der Waals surface area contributed by atoms with Gasteiger partial charge in [-0.2, -0.15) is 0 Å². The van der Waals surface area contributed by atoms with Crippen molar-refractivity contribution in [2.24, 2.45) is 0 Å². The van der Waals surface area contributed by atoms with Gasteiger partial charge in [-0.15, -0.1) is 0 Å². The van der Waals surface area contributed by atoms with Gasteiger partial charge in [0.1, 0.15) is 6.61 Å². The highest BCUT2D eigenvalue weighted by atomic mass is 16.5. The molecule has 0 spiro atoms. The Morgan fingerprint density at radius 2 is 2.57 bits per heavy atom. The molecule has 1 aliphatic heterocycles. The summed E-state index contributed by atoms with van der Waals surface area (Å²) in [6.45, 7) is 3.70. The van der Waals surface area contributed by atoms with Gasteiger partial charge in [-0.1, -0.05) is 0 Å². The second kappa shape index (κ2) is 4.37. The average molecular weight is 193 g/mol. The molecule has 0 aliphatic carbocycles. The fourth-order valence-electron chi connectivity index (χ4n) is 1.57. The molecule has 1 N–H and O–H groups in total. The third kappa shape index (κ3) is 2.42. The monoisotopic (exact) mass is 193 g/mol. The molecule has 1 fully saturated rings. The summed E-state index contributed by atoms with van der Waals surface area (Å²) in [5.41, 5.74) is 0.939. The number of ether oxygens (including phenoxy) is 1. The summed E-state index contributed by atoms with van der Waals surface area (Å²) >= 11 is 0. The van der Waals surface area contributed by atoms with Crippen LogP contribution in [0.2, 0.25) is 0 Å². The summed E-state index contributed by atoms with van der Waals surface area (Å²) in [5.74, 6) is 0. The minimum absolute atomic E-state index is 0.471. The Kier molecular flexibility index (Phi) is 2.93. The van der Waals surface area contributed by atoms with Gasteiger partial charge in [0.05, 0.1) is 0 Å². The first-order valence-corrected chi connectivity index (χ1v) is 5.00. The first-order chi connectivity index (χ1) is 6.84.